The summed E-state index contributed by atoms with van der Waals surface area (Å²) in [5.41, 5.74) is 0.285. The van der Waals surface area contributed by atoms with Crippen LogP contribution in [0.3, 0.4) is 0 Å². The van der Waals surface area contributed by atoms with Crippen molar-refractivity contribution in [3.63, 3.8) is 0 Å². The van der Waals surface area contributed by atoms with Gasteiger partial charge >= 0.3 is 0 Å². The lowest BCUT2D eigenvalue weighted by atomic mass is 10.2. The maximum atomic E-state index is 13.3. The number of aromatic nitrogens is 2. The van der Waals surface area contributed by atoms with Crippen molar-refractivity contribution in [3.8, 4) is 0 Å². The molecule has 0 unspecified atom stereocenters. The van der Waals surface area contributed by atoms with E-state index in [0.29, 0.717) is 18.7 Å². The van der Waals surface area contributed by atoms with E-state index in [1.54, 1.807) is 19.4 Å². The number of benzene rings is 1. The van der Waals surface area contributed by atoms with Crippen LogP contribution in [0.25, 0.3) is 0 Å². The second-order valence-electron chi connectivity index (χ2n) is 4.08. The van der Waals surface area contributed by atoms with Crippen LogP contribution < -0.4 is 5.32 Å². The Morgan fingerprint density at radius 3 is 2.95 bits per heavy atom. The monoisotopic (exact) mass is 264 g/mol. The number of imidazole rings is 1. The molecule has 1 aromatic heterocycles. The molecule has 1 aromatic carbocycles. The van der Waals surface area contributed by atoms with Crippen LogP contribution in [0.4, 0.5) is 10.1 Å². The van der Waals surface area contributed by atoms with E-state index < -0.39 is 10.7 Å². The largest absolute Gasteiger partial charge is 0.329 e. The molecule has 0 spiro atoms. The van der Waals surface area contributed by atoms with Gasteiger partial charge in [0.1, 0.15) is 11.6 Å². The summed E-state index contributed by atoms with van der Waals surface area (Å²) in [6.45, 7) is 0.917. The first kappa shape index (κ1) is 13.2. The Kier molecular flexibility index (Phi) is 3.86. The molecule has 2 aromatic rings. The summed E-state index contributed by atoms with van der Waals surface area (Å²) in [5.74, 6) is 0.175. The van der Waals surface area contributed by atoms with E-state index in [4.69, 9.17) is 0 Å². The Bertz CT molecular complexity index is 597. The van der Waals surface area contributed by atoms with Gasteiger partial charge in [-0.1, -0.05) is 0 Å². The minimum Gasteiger partial charge on any atom is -0.329 e. The zero-order valence-electron chi connectivity index (χ0n) is 10.3. The van der Waals surface area contributed by atoms with Crippen molar-refractivity contribution in [3.05, 3.63) is 57.9 Å². The SMILES string of the molecule is CNCc1nccn1Cc1cc(F)cc([N+](=O)[O-])c1. The van der Waals surface area contributed by atoms with Crippen molar-refractivity contribution in [1.29, 1.82) is 0 Å². The standard InChI is InChI=1S/C12H13FN4O2/c1-14-7-12-15-2-3-16(12)8-9-4-10(13)6-11(5-9)17(18)19/h2-6,14H,7-8H2,1H3. The molecule has 0 aliphatic heterocycles. The van der Waals surface area contributed by atoms with Gasteiger partial charge in [0, 0.05) is 25.0 Å². The molecule has 0 saturated carbocycles. The Labute approximate surface area is 109 Å². The Morgan fingerprint density at radius 2 is 2.26 bits per heavy atom. The van der Waals surface area contributed by atoms with Gasteiger partial charge in [-0.3, -0.25) is 10.1 Å². The molecular weight excluding hydrogens is 251 g/mol. The second kappa shape index (κ2) is 5.57. The van der Waals surface area contributed by atoms with Crippen LogP contribution in [0.5, 0.6) is 0 Å². The van der Waals surface area contributed by atoms with Crippen molar-refractivity contribution in [2.24, 2.45) is 0 Å². The number of hydrogen-bond acceptors (Lipinski definition) is 4. The summed E-state index contributed by atoms with van der Waals surface area (Å²) in [7, 11) is 1.80. The minimum atomic E-state index is -0.612. The van der Waals surface area contributed by atoms with Crippen LogP contribution in [0, 0.1) is 15.9 Å². The zero-order valence-corrected chi connectivity index (χ0v) is 10.3. The van der Waals surface area contributed by atoms with Crippen molar-refractivity contribution < 1.29 is 9.31 Å². The van der Waals surface area contributed by atoms with Gasteiger partial charge in [0.25, 0.3) is 5.69 Å². The van der Waals surface area contributed by atoms with E-state index in [1.165, 1.54) is 12.1 Å². The lowest BCUT2D eigenvalue weighted by Gasteiger charge is -2.07. The van der Waals surface area contributed by atoms with Crippen LogP contribution in [-0.2, 0) is 13.1 Å². The zero-order chi connectivity index (χ0) is 13.8. The number of nitro groups is 1. The molecule has 100 valence electrons. The molecule has 2 rings (SSSR count). The molecule has 1 heterocycles. The highest BCUT2D eigenvalue weighted by Crippen LogP contribution is 2.17. The van der Waals surface area contributed by atoms with E-state index >= 15 is 0 Å². The number of halogens is 1. The maximum Gasteiger partial charge on any atom is 0.272 e. The van der Waals surface area contributed by atoms with E-state index in [1.807, 2.05) is 4.57 Å². The predicted octanol–water partition coefficient (Wildman–Crippen LogP) is 1.70. The van der Waals surface area contributed by atoms with Gasteiger partial charge in [-0.2, -0.15) is 0 Å². The number of non-ortho nitro benzene ring substituents is 1. The topological polar surface area (TPSA) is 73.0 Å². The third-order valence-electron chi connectivity index (χ3n) is 2.64. The molecule has 0 aliphatic carbocycles. The fourth-order valence-electron chi connectivity index (χ4n) is 1.84. The molecule has 0 atom stereocenters. The first-order valence-corrected chi connectivity index (χ1v) is 5.68. The van der Waals surface area contributed by atoms with Crippen molar-refractivity contribution >= 4 is 5.69 Å². The van der Waals surface area contributed by atoms with Crippen LogP contribution in [0.2, 0.25) is 0 Å². The van der Waals surface area contributed by atoms with E-state index in [-0.39, 0.29) is 5.69 Å². The van der Waals surface area contributed by atoms with E-state index in [2.05, 4.69) is 10.3 Å². The summed E-state index contributed by atoms with van der Waals surface area (Å²) in [4.78, 5) is 14.2. The molecule has 0 amide bonds. The van der Waals surface area contributed by atoms with Crippen molar-refractivity contribution in [2.45, 2.75) is 13.1 Å². The highest BCUT2D eigenvalue weighted by atomic mass is 19.1. The van der Waals surface area contributed by atoms with Gasteiger partial charge in [0.2, 0.25) is 0 Å². The summed E-state index contributed by atoms with van der Waals surface area (Å²) in [5, 5.41) is 13.7. The number of nitrogens with one attached hydrogen (secondary N) is 1. The molecule has 1 N–H and O–H groups in total. The number of rotatable bonds is 5. The van der Waals surface area contributed by atoms with Crippen LogP contribution in [-0.4, -0.2) is 21.5 Å². The van der Waals surface area contributed by atoms with Gasteiger partial charge < -0.3 is 9.88 Å². The number of nitrogens with zero attached hydrogens (tertiary/aromatic N) is 3. The molecule has 0 saturated heterocycles. The quantitative estimate of drug-likeness (QED) is 0.659. The average molecular weight is 264 g/mol. The molecule has 0 bridgehead atoms. The Hall–Kier alpha value is -2.28. The third kappa shape index (κ3) is 3.14. The maximum absolute atomic E-state index is 13.3. The fraction of sp³-hybridized carbons (Fsp3) is 0.250. The summed E-state index contributed by atoms with van der Waals surface area (Å²) >= 11 is 0. The highest BCUT2D eigenvalue weighted by molar-refractivity contribution is 5.35. The third-order valence-corrected chi connectivity index (χ3v) is 2.64. The van der Waals surface area contributed by atoms with Gasteiger partial charge in [0.05, 0.1) is 17.5 Å². The molecule has 7 heteroatoms. The molecular formula is C12H13FN4O2. The predicted molar refractivity (Wildman–Crippen MR) is 67.1 cm³/mol. The van der Waals surface area contributed by atoms with Gasteiger partial charge in [-0.25, -0.2) is 9.37 Å². The van der Waals surface area contributed by atoms with Gasteiger partial charge in [0.15, 0.2) is 0 Å². The molecule has 0 fully saturated rings. The Balaban J connectivity index is 2.27. The second-order valence-corrected chi connectivity index (χ2v) is 4.08. The average Bonchev–Trinajstić information content (AvgIpc) is 2.76. The molecule has 19 heavy (non-hydrogen) atoms. The van der Waals surface area contributed by atoms with Crippen LogP contribution in [0.1, 0.15) is 11.4 Å². The highest BCUT2D eigenvalue weighted by Gasteiger charge is 2.11. The van der Waals surface area contributed by atoms with E-state index in [9.17, 15) is 14.5 Å². The van der Waals surface area contributed by atoms with Crippen molar-refractivity contribution in [1.82, 2.24) is 14.9 Å². The smallest absolute Gasteiger partial charge is 0.272 e. The lowest BCUT2D eigenvalue weighted by Crippen LogP contribution is -2.12. The van der Waals surface area contributed by atoms with E-state index in [0.717, 1.165) is 11.9 Å². The van der Waals surface area contributed by atoms with Crippen LogP contribution in [0.15, 0.2) is 30.6 Å². The van der Waals surface area contributed by atoms with Gasteiger partial charge in [-0.15, -0.1) is 0 Å². The first-order valence-electron chi connectivity index (χ1n) is 5.68. The number of nitro benzene ring substituents is 1. The van der Waals surface area contributed by atoms with Gasteiger partial charge in [-0.05, 0) is 18.7 Å². The fourth-order valence-corrected chi connectivity index (χ4v) is 1.84. The molecule has 0 aliphatic rings. The van der Waals surface area contributed by atoms with Crippen LogP contribution >= 0.6 is 0 Å². The molecule has 0 radical (unpaired) electrons. The summed E-state index contributed by atoms with van der Waals surface area (Å²) < 4.78 is 15.1. The minimum absolute atomic E-state index is 0.245. The normalized spacial score (nSPS) is 10.6. The number of hydrogen-bond donors (Lipinski definition) is 1. The van der Waals surface area contributed by atoms with Crippen molar-refractivity contribution in [2.75, 3.05) is 7.05 Å². The molecule has 6 nitrogen and oxygen atoms in total. The lowest BCUT2D eigenvalue weighted by molar-refractivity contribution is -0.385. The Morgan fingerprint density at radius 1 is 1.47 bits per heavy atom. The summed E-state index contributed by atoms with van der Waals surface area (Å²) in [6, 6.07) is 3.56. The first-order chi connectivity index (χ1) is 9.10. The summed E-state index contributed by atoms with van der Waals surface area (Å²) in [6.07, 6.45) is 3.39.